The van der Waals surface area contributed by atoms with Crippen LogP contribution in [0.25, 0.3) is 10.9 Å². The largest absolute Gasteiger partial charge is 0.353 e. The SMILES string of the molecule is Cc1cccc(C(CC(=O)NC2CCNCC2)c2cn(CC3CCCCC3)c3ccc(Br)cc23)c1.Cl. The molecule has 5 rings (SSSR count). The Morgan fingerprint density at radius 1 is 1.08 bits per heavy atom. The number of fused-ring (bicyclic) bond motifs is 1. The number of aryl methyl sites for hydroxylation is 1. The molecule has 2 fully saturated rings. The summed E-state index contributed by atoms with van der Waals surface area (Å²) in [5.74, 6) is 0.934. The van der Waals surface area contributed by atoms with Crippen molar-refractivity contribution in [3.63, 3.8) is 0 Å². The van der Waals surface area contributed by atoms with Crippen LogP contribution in [-0.2, 0) is 11.3 Å². The zero-order chi connectivity index (χ0) is 24.2. The zero-order valence-corrected chi connectivity index (χ0v) is 23.7. The van der Waals surface area contributed by atoms with Gasteiger partial charge < -0.3 is 15.2 Å². The van der Waals surface area contributed by atoms with Crippen molar-refractivity contribution in [1.82, 2.24) is 15.2 Å². The van der Waals surface area contributed by atoms with Crippen molar-refractivity contribution in [3.05, 3.63) is 69.8 Å². The second-order valence-electron chi connectivity index (χ2n) is 10.7. The van der Waals surface area contributed by atoms with E-state index in [2.05, 4.69) is 86.7 Å². The van der Waals surface area contributed by atoms with Gasteiger partial charge in [0, 0.05) is 46.5 Å². The van der Waals surface area contributed by atoms with Gasteiger partial charge in [-0.05, 0) is 80.9 Å². The van der Waals surface area contributed by atoms with E-state index in [-0.39, 0.29) is 30.3 Å². The summed E-state index contributed by atoms with van der Waals surface area (Å²) in [5, 5.41) is 7.99. The maximum absolute atomic E-state index is 13.3. The van der Waals surface area contributed by atoms with E-state index in [0.29, 0.717) is 6.42 Å². The first-order chi connectivity index (χ1) is 17.1. The summed E-state index contributed by atoms with van der Waals surface area (Å²) < 4.78 is 3.56. The maximum atomic E-state index is 13.3. The molecule has 1 aliphatic carbocycles. The first-order valence-corrected chi connectivity index (χ1v) is 14.2. The van der Waals surface area contributed by atoms with E-state index >= 15 is 0 Å². The number of amides is 1. The molecular formula is C30H39BrClN3O. The molecule has 1 amide bonds. The van der Waals surface area contributed by atoms with Crippen LogP contribution in [0.1, 0.15) is 74.0 Å². The predicted octanol–water partition coefficient (Wildman–Crippen LogP) is 7.10. The number of carbonyl (C=O) groups is 1. The molecule has 194 valence electrons. The minimum atomic E-state index is 0. The Hall–Kier alpha value is -1.82. The number of carbonyl (C=O) groups excluding carboxylic acids is 1. The minimum absolute atomic E-state index is 0. The summed E-state index contributed by atoms with van der Waals surface area (Å²) in [7, 11) is 0. The Kier molecular flexibility index (Phi) is 9.54. The number of aromatic nitrogens is 1. The molecular weight excluding hydrogens is 534 g/mol. The molecule has 1 saturated carbocycles. The average Bonchev–Trinajstić information content (AvgIpc) is 3.20. The highest BCUT2D eigenvalue weighted by Crippen LogP contribution is 2.37. The lowest BCUT2D eigenvalue weighted by atomic mass is 9.87. The molecule has 1 unspecified atom stereocenters. The van der Waals surface area contributed by atoms with Crippen LogP contribution in [0.4, 0.5) is 0 Å². The standard InChI is InChI=1S/C30H38BrN3O.ClH/c1-21-6-5-9-23(16-21)26(18-30(35)33-25-12-14-32-15-13-25)28-20-34(19-22-7-3-2-4-8-22)29-11-10-24(31)17-27(28)29;/h5-6,9-11,16-17,20,22,25-26,32H,2-4,7-8,12-15,18-19H2,1H3,(H,33,35);1H. The molecule has 2 N–H and O–H groups in total. The second kappa shape index (κ2) is 12.6. The second-order valence-corrected chi connectivity index (χ2v) is 11.6. The first kappa shape index (κ1) is 27.2. The fourth-order valence-electron chi connectivity index (χ4n) is 6.11. The van der Waals surface area contributed by atoms with Crippen LogP contribution in [0.2, 0.25) is 0 Å². The average molecular weight is 573 g/mol. The minimum Gasteiger partial charge on any atom is -0.353 e. The number of piperidine rings is 1. The predicted molar refractivity (Wildman–Crippen MR) is 155 cm³/mol. The van der Waals surface area contributed by atoms with Crippen LogP contribution >= 0.6 is 28.3 Å². The lowest BCUT2D eigenvalue weighted by Gasteiger charge is -2.25. The fourth-order valence-corrected chi connectivity index (χ4v) is 6.47. The number of halogens is 2. The van der Waals surface area contributed by atoms with E-state index in [9.17, 15) is 4.79 Å². The molecule has 2 heterocycles. The quantitative estimate of drug-likeness (QED) is 0.317. The number of nitrogens with zero attached hydrogens (tertiary/aromatic N) is 1. The molecule has 0 spiro atoms. The summed E-state index contributed by atoms with van der Waals surface area (Å²) in [6.07, 6.45) is 11.6. The zero-order valence-electron chi connectivity index (χ0n) is 21.3. The first-order valence-electron chi connectivity index (χ1n) is 13.4. The molecule has 2 aliphatic rings. The summed E-state index contributed by atoms with van der Waals surface area (Å²) in [6, 6.07) is 15.6. The summed E-state index contributed by atoms with van der Waals surface area (Å²) in [6.45, 7) is 5.17. The number of rotatable bonds is 7. The topological polar surface area (TPSA) is 46.1 Å². The molecule has 0 radical (unpaired) electrons. The Labute approximate surface area is 230 Å². The number of hydrogen-bond donors (Lipinski definition) is 2. The van der Waals surface area contributed by atoms with E-state index in [0.717, 1.165) is 42.9 Å². The monoisotopic (exact) mass is 571 g/mol. The van der Waals surface area contributed by atoms with Gasteiger partial charge in [0.05, 0.1) is 0 Å². The molecule has 1 atom stereocenters. The van der Waals surface area contributed by atoms with Gasteiger partial charge in [0.15, 0.2) is 0 Å². The summed E-state index contributed by atoms with van der Waals surface area (Å²) in [4.78, 5) is 13.3. The van der Waals surface area contributed by atoms with Crippen LogP contribution in [-0.4, -0.2) is 29.6 Å². The van der Waals surface area contributed by atoms with Crippen molar-refractivity contribution in [1.29, 1.82) is 0 Å². The normalized spacial score (nSPS) is 18.1. The molecule has 3 aromatic rings. The van der Waals surface area contributed by atoms with Crippen molar-refractivity contribution in [2.45, 2.75) is 76.8 Å². The molecule has 4 nitrogen and oxygen atoms in total. The third-order valence-corrected chi connectivity index (χ3v) is 8.46. The number of benzene rings is 2. The van der Waals surface area contributed by atoms with Crippen LogP contribution in [0.5, 0.6) is 0 Å². The van der Waals surface area contributed by atoms with Crippen molar-refractivity contribution in [3.8, 4) is 0 Å². The number of nitrogens with one attached hydrogen (secondary N) is 2. The van der Waals surface area contributed by atoms with Crippen molar-refractivity contribution < 1.29 is 4.79 Å². The van der Waals surface area contributed by atoms with E-state index in [1.165, 1.54) is 59.7 Å². The fraction of sp³-hybridized carbons (Fsp3) is 0.500. The van der Waals surface area contributed by atoms with Crippen LogP contribution in [0.15, 0.2) is 53.1 Å². The van der Waals surface area contributed by atoms with Gasteiger partial charge in [-0.3, -0.25) is 4.79 Å². The van der Waals surface area contributed by atoms with Gasteiger partial charge in [0.1, 0.15) is 0 Å². The highest BCUT2D eigenvalue weighted by atomic mass is 79.9. The van der Waals surface area contributed by atoms with Crippen LogP contribution in [0, 0.1) is 12.8 Å². The van der Waals surface area contributed by atoms with Gasteiger partial charge in [-0.2, -0.15) is 0 Å². The van der Waals surface area contributed by atoms with Gasteiger partial charge in [-0.1, -0.05) is 65.0 Å². The third kappa shape index (κ3) is 6.54. The van der Waals surface area contributed by atoms with Gasteiger partial charge in [0.25, 0.3) is 0 Å². The number of hydrogen-bond acceptors (Lipinski definition) is 2. The Bertz CT molecular complexity index is 1160. The van der Waals surface area contributed by atoms with Crippen molar-refractivity contribution >= 4 is 45.1 Å². The van der Waals surface area contributed by atoms with Crippen molar-refractivity contribution in [2.75, 3.05) is 13.1 Å². The lowest BCUT2D eigenvalue weighted by Crippen LogP contribution is -2.43. The molecule has 36 heavy (non-hydrogen) atoms. The van der Waals surface area contributed by atoms with Crippen molar-refractivity contribution in [2.24, 2.45) is 5.92 Å². The molecule has 0 bridgehead atoms. The third-order valence-electron chi connectivity index (χ3n) is 7.97. The molecule has 1 aromatic heterocycles. The highest BCUT2D eigenvalue weighted by Gasteiger charge is 2.26. The van der Waals surface area contributed by atoms with E-state index in [4.69, 9.17) is 0 Å². The maximum Gasteiger partial charge on any atom is 0.221 e. The van der Waals surface area contributed by atoms with Gasteiger partial charge >= 0.3 is 0 Å². The van der Waals surface area contributed by atoms with E-state index in [1.807, 2.05) is 0 Å². The van der Waals surface area contributed by atoms with Crippen LogP contribution in [0.3, 0.4) is 0 Å². The lowest BCUT2D eigenvalue weighted by molar-refractivity contribution is -0.122. The van der Waals surface area contributed by atoms with E-state index in [1.54, 1.807) is 0 Å². The molecule has 2 aromatic carbocycles. The van der Waals surface area contributed by atoms with Gasteiger partial charge in [0.2, 0.25) is 5.91 Å². The smallest absolute Gasteiger partial charge is 0.221 e. The van der Waals surface area contributed by atoms with Crippen LogP contribution < -0.4 is 10.6 Å². The Morgan fingerprint density at radius 2 is 1.86 bits per heavy atom. The van der Waals surface area contributed by atoms with E-state index < -0.39 is 0 Å². The van der Waals surface area contributed by atoms with Gasteiger partial charge in [-0.15, -0.1) is 12.4 Å². The highest BCUT2D eigenvalue weighted by molar-refractivity contribution is 9.10. The van der Waals surface area contributed by atoms with Gasteiger partial charge in [-0.25, -0.2) is 0 Å². The summed E-state index contributed by atoms with van der Waals surface area (Å²) in [5.41, 5.74) is 5.01. The molecule has 1 aliphatic heterocycles. The molecule has 6 heteroatoms. The summed E-state index contributed by atoms with van der Waals surface area (Å²) >= 11 is 3.71. The molecule has 1 saturated heterocycles. The Morgan fingerprint density at radius 3 is 2.61 bits per heavy atom. The Balaban J connectivity index is 0.00000304.